The summed E-state index contributed by atoms with van der Waals surface area (Å²) in [7, 11) is 0. The summed E-state index contributed by atoms with van der Waals surface area (Å²) in [5.74, 6) is -0.812. The number of amides is 1. The van der Waals surface area contributed by atoms with Crippen molar-refractivity contribution in [1.82, 2.24) is 5.32 Å². The Bertz CT molecular complexity index is 375. The maximum atomic E-state index is 12.8. The summed E-state index contributed by atoms with van der Waals surface area (Å²) in [6.07, 6.45) is 0. The Balaban J connectivity index is 3.11. The van der Waals surface area contributed by atoms with Crippen molar-refractivity contribution in [2.45, 2.75) is 32.4 Å². The Morgan fingerprint density at radius 2 is 1.88 bits per heavy atom. The van der Waals surface area contributed by atoms with Gasteiger partial charge in [-0.1, -0.05) is 12.1 Å². The molecule has 0 saturated heterocycles. The molecule has 0 bridgehead atoms. The average Bonchev–Trinajstić information content (AvgIpc) is 2.17. The topological polar surface area (TPSA) is 55.1 Å². The molecule has 1 unspecified atom stereocenters. The summed E-state index contributed by atoms with van der Waals surface area (Å²) in [6, 6.07) is 5.87. The van der Waals surface area contributed by atoms with E-state index in [1.807, 2.05) is 13.8 Å². The van der Waals surface area contributed by atoms with Gasteiger partial charge in [-0.25, -0.2) is 4.39 Å². The number of halogens is 1. The Labute approximate surface area is 94.8 Å². The zero-order valence-electron chi connectivity index (χ0n) is 9.75. The van der Waals surface area contributed by atoms with E-state index < -0.39 is 11.4 Å². The van der Waals surface area contributed by atoms with Gasteiger partial charge in [0.1, 0.15) is 11.4 Å². The van der Waals surface area contributed by atoms with Gasteiger partial charge in [-0.3, -0.25) is 10.1 Å². The lowest BCUT2D eigenvalue weighted by atomic mass is 9.90. The minimum atomic E-state index is -0.970. The van der Waals surface area contributed by atoms with Crippen LogP contribution in [0.15, 0.2) is 24.3 Å². The lowest BCUT2D eigenvalue weighted by Crippen LogP contribution is -2.52. The molecular formula is C12H17FN2O. The molecule has 1 atom stereocenters. The Kier molecular flexibility index (Phi) is 3.65. The fourth-order valence-electron chi connectivity index (χ4n) is 1.66. The smallest absolute Gasteiger partial charge is 0.242 e. The molecule has 1 aromatic carbocycles. The third-order valence-electron chi connectivity index (χ3n) is 2.49. The van der Waals surface area contributed by atoms with Gasteiger partial charge in [0.25, 0.3) is 0 Å². The van der Waals surface area contributed by atoms with E-state index in [4.69, 9.17) is 5.73 Å². The van der Waals surface area contributed by atoms with Gasteiger partial charge in [-0.15, -0.1) is 0 Å². The van der Waals surface area contributed by atoms with Gasteiger partial charge in [0.15, 0.2) is 0 Å². The summed E-state index contributed by atoms with van der Waals surface area (Å²) >= 11 is 0. The number of carbonyl (C=O) groups is 1. The fraction of sp³-hybridized carbons (Fsp3) is 0.417. The first-order valence-electron chi connectivity index (χ1n) is 5.20. The van der Waals surface area contributed by atoms with Gasteiger partial charge < -0.3 is 5.73 Å². The van der Waals surface area contributed by atoms with Gasteiger partial charge in [0, 0.05) is 6.04 Å². The molecular weight excluding hydrogens is 207 g/mol. The first kappa shape index (κ1) is 12.6. The van der Waals surface area contributed by atoms with Gasteiger partial charge >= 0.3 is 0 Å². The van der Waals surface area contributed by atoms with E-state index >= 15 is 0 Å². The van der Waals surface area contributed by atoms with E-state index in [0.717, 1.165) is 0 Å². The van der Waals surface area contributed by atoms with E-state index in [1.165, 1.54) is 12.1 Å². The van der Waals surface area contributed by atoms with Crippen LogP contribution in [0.5, 0.6) is 0 Å². The number of hydrogen-bond acceptors (Lipinski definition) is 2. The Morgan fingerprint density at radius 1 is 1.38 bits per heavy atom. The Hall–Kier alpha value is -1.42. The molecule has 88 valence electrons. The van der Waals surface area contributed by atoms with Crippen molar-refractivity contribution in [2.24, 2.45) is 5.73 Å². The van der Waals surface area contributed by atoms with E-state index in [0.29, 0.717) is 5.56 Å². The van der Waals surface area contributed by atoms with Crippen LogP contribution in [0.25, 0.3) is 0 Å². The van der Waals surface area contributed by atoms with Crippen molar-refractivity contribution in [1.29, 1.82) is 0 Å². The molecule has 3 nitrogen and oxygen atoms in total. The number of primary amides is 1. The van der Waals surface area contributed by atoms with Crippen LogP contribution in [0.4, 0.5) is 4.39 Å². The molecule has 1 rings (SSSR count). The molecule has 0 aliphatic heterocycles. The zero-order valence-corrected chi connectivity index (χ0v) is 9.75. The van der Waals surface area contributed by atoms with Crippen LogP contribution in [0.3, 0.4) is 0 Å². The van der Waals surface area contributed by atoms with Gasteiger partial charge in [0.05, 0.1) is 0 Å². The van der Waals surface area contributed by atoms with Crippen LogP contribution in [-0.4, -0.2) is 11.9 Å². The SMILES string of the molecule is CC(C)NC(C)(C(N)=O)c1ccc(F)cc1. The van der Waals surface area contributed by atoms with E-state index in [-0.39, 0.29) is 11.9 Å². The van der Waals surface area contributed by atoms with Crippen LogP contribution >= 0.6 is 0 Å². The summed E-state index contributed by atoms with van der Waals surface area (Å²) in [5, 5.41) is 3.09. The van der Waals surface area contributed by atoms with Gasteiger partial charge in [-0.05, 0) is 38.5 Å². The highest BCUT2D eigenvalue weighted by Gasteiger charge is 2.33. The molecule has 0 saturated carbocycles. The molecule has 4 heteroatoms. The third-order valence-corrected chi connectivity index (χ3v) is 2.49. The van der Waals surface area contributed by atoms with E-state index in [1.54, 1.807) is 19.1 Å². The van der Waals surface area contributed by atoms with Crippen LogP contribution in [0.1, 0.15) is 26.3 Å². The van der Waals surface area contributed by atoms with Crippen LogP contribution in [-0.2, 0) is 10.3 Å². The van der Waals surface area contributed by atoms with Crippen LogP contribution in [0, 0.1) is 5.82 Å². The van der Waals surface area contributed by atoms with Crippen molar-refractivity contribution in [3.05, 3.63) is 35.6 Å². The molecule has 1 amide bonds. The van der Waals surface area contributed by atoms with E-state index in [2.05, 4.69) is 5.32 Å². The number of rotatable bonds is 4. The first-order chi connectivity index (χ1) is 7.36. The summed E-state index contributed by atoms with van der Waals surface area (Å²) < 4.78 is 12.8. The molecule has 0 heterocycles. The summed E-state index contributed by atoms with van der Waals surface area (Å²) in [4.78, 5) is 11.5. The molecule has 3 N–H and O–H groups in total. The molecule has 0 fully saturated rings. The Morgan fingerprint density at radius 3 is 2.25 bits per heavy atom. The van der Waals surface area contributed by atoms with Crippen LogP contribution in [0.2, 0.25) is 0 Å². The molecule has 0 aliphatic carbocycles. The largest absolute Gasteiger partial charge is 0.368 e. The summed E-state index contributed by atoms with van der Waals surface area (Å²) in [6.45, 7) is 5.54. The highest BCUT2D eigenvalue weighted by molar-refractivity contribution is 5.85. The molecule has 1 aromatic rings. The third kappa shape index (κ3) is 2.58. The first-order valence-corrected chi connectivity index (χ1v) is 5.20. The van der Waals surface area contributed by atoms with Crippen LogP contribution < -0.4 is 11.1 Å². The predicted octanol–water partition coefficient (Wildman–Crippen LogP) is 1.52. The van der Waals surface area contributed by atoms with Crippen molar-refractivity contribution < 1.29 is 9.18 Å². The number of nitrogens with two attached hydrogens (primary N) is 1. The normalized spacial score (nSPS) is 14.8. The zero-order chi connectivity index (χ0) is 12.3. The maximum absolute atomic E-state index is 12.8. The molecule has 0 aromatic heterocycles. The van der Waals surface area contributed by atoms with Crippen molar-refractivity contribution in [3.8, 4) is 0 Å². The van der Waals surface area contributed by atoms with Crippen molar-refractivity contribution in [2.75, 3.05) is 0 Å². The maximum Gasteiger partial charge on any atom is 0.242 e. The molecule has 0 spiro atoms. The minimum absolute atomic E-state index is 0.0996. The predicted molar refractivity (Wildman–Crippen MR) is 61.2 cm³/mol. The summed E-state index contributed by atoms with van der Waals surface area (Å²) in [5.41, 5.74) is 5.09. The number of nitrogens with one attached hydrogen (secondary N) is 1. The highest BCUT2D eigenvalue weighted by Crippen LogP contribution is 2.21. The number of carbonyl (C=O) groups excluding carboxylic acids is 1. The molecule has 16 heavy (non-hydrogen) atoms. The second-order valence-electron chi connectivity index (χ2n) is 4.30. The average molecular weight is 224 g/mol. The molecule has 0 aliphatic rings. The number of benzene rings is 1. The second-order valence-corrected chi connectivity index (χ2v) is 4.30. The monoisotopic (exact) mass is 224 g/mol. The fourth-order valence-corrected chi connectivity index (χ4v) is 1.66. The van der Waals surface area contributed by atoms with Crippen molar-refractivity contribution >= 4 is 5.91 Å². The van der Waals surface area contributed by atoms with Gasteiger partial charge in [0.2, 0.25) is 5.91 Å². The second kappa shape index (κ2) is 4.61. The molecule has 0 radical (unpaired) electrons. The highest BCUT2D eigenvalue weighted by atomic mass is 19.1. The number of hydrogen-bond donors (Lipinski definition) is 2. The quantitative estimate of drug-likeness (QED) is 0.814. The minimum Gasteiger partial charge on any atom is -0.368 e. The van der Waals surface area contributed by atoms with Crippen molar-refractivity contribution in [3.63, 3.8) is 0 Å². The van der Waals surface area contributed by atoms with E-state index in [9.17, 15) is 9.18 Å². The lowest BCUT2D eigenvalue weighted by molar-refractivity contribution is -0.124. The standard InChI is InChI=1S/C12H17FN2O/c1-8(2)15-12(3,11(14)16)9-4-6-10(13)7-5-9/h4-8,15H,1-3H3,(H2,14,16). The lowest BCUT2D eigenvalue weighted by Gasteiger charge is -2.30. The van der Waals surface area contributed by atoms with Gasteiger partial charge in [-0.2, -0.15) is 0 Å².